The van der Waals surface area contributed by atoms with Crippen LogP contribution >= 0.6 is 0 Å². The van der Waals surface area contributed by atoms with E-state index in [0.717, 1.165) is 0 Å². The zero-order valence-electron chi connectivity index (χ0n) is 7.98. The molecule has 4 nitrogen and oxygen atoms in total. The smallest absolute Gasteiger partial charge is 0.329 e. The molecule has 0 atom stereocenters. The molecule has 0 aliphatic carbocycles. The van der Waals surface area contributed by atoms with Crippen LogP contribution in [-0.4, -0.2) is 30.9 Å². The summed E-state index contributed by atoms with van der Waals surface area (Å²) in [6.45, 7) is 0.0787. The lowest BCUT2D eigenvalue weighted by atomic mass is 10.3. The number of halogens is 1. The van der Waals surface area contributed by atoms with Gasteiger partial charge in [0.15, 0.2) is 0 Å². The number of hydrogen-bond acceptors (Lipinski definition) is 3. The van der Waals surface area contributed by atoms with Gasteiger partial charge in [0, 0.05) is 0 Å². The standard InChI is InChI=1S/C10H11FO4/c11-8-1-3-9(4-2-8)15-6-5-14-7-10(12)13/h1-4H,5-7H2,(H,12,13). The van der Waals surface area contributed by atoms with Gasteiger partial charge >= 0.3 is 5.97 Å². The second-order valence-electron chi connectivity index (χ2n) is 2.75. The molecule has 0 unspecified atom stereocenters. The minimum absolute atomic E-state index is 0.184. The van der Waals surface area contributed by atoms with Crippen molar-refractivity contribution in [3.63, 3.8) is 0 Å². The average Bonchev–Trinajstić information content (AvgIpc) is 2.20. The van der Waals surface area contributed by atoms with E-state index in [1.807, 2.05) is 0 Å². The molecule has 82 valence electrons. The fourth-order valence-corrected chi connectivity index (χ4v) is 0.909. The van der Waals surface area contributed by atoms with E-state index in [-0.39, 0.29) is 25.6 Å². The first-order chi connectivity index (χ1) is 7.18. The number of hydrogen-bond donors (Lipinski definition) is 1. The van der Waals surface area contributed by atoms with Gasteiger partial charge in [-0.05, 0) is 24.3 Å². The molecular formula is C10H11FO4. The van der Waals surface area contributed by atoms with Crippen molar-refractivity contribution < 1.29 is 23.8 Å². The van der Waals surface area contributed by atoms with Gasteiger partial charge in [0.1, 0.15) is 24.8 Å². The second kappa shape index (κ2) is 5.98. The van der Waals surface area contributed by atoms with E-state index in [9.17, 15) is 9.18 Å². The Hall–Kier alpha value is -1.62. The summed E-state index contributed by atoms with van der Waals surface area (Å²) in [5.41, 5.74) is 0. The quantitative estimate of drug-likeness (QED) is 0.725. The number of ether oxygens (including phenoxy) is 2. The van der Waals surface area contributed by atoms with Crippen LogP contribution in [-0.2, 0) is 9.53 Å². The Labute approximate surface area is 86.2 Å². The van der Waals surface area contributed by atoms with Crippen molar-refractivity contribution in [2.45, 2.75) is 0 Å². The minimum Gasteiger partial charge on any atom is -0.491 e. The summed E-state index contributed by atoms with van der Waals surface area (Å²) in [7, 11) is 0. The normalized spacial score (nSPS) is 9.93. The molecule has 5 heteroatoms. The molecule has 0 aliphatic rings. The largest absolute Gasteiger partial charge is 0.491 e. The highest BCUT2D eigenvalue weighted by Crippen LogP contribution is 2.10. The van der Waals surface area contributed by atoms with Crippen LogP contribution in [0.3, 0.4) is 0 Å². The zero-order valence-corrected chi connectivity index (χ0v) is 7.98. The van der Waals surface area contributed by atoms with Crippen molar-refractivity contribution in [2.75, 3.05) is 19.8 Å². The molecule has 0 saturated heterocycles. The van der Waals surface area contributed by atoms with Gasteiger partial charge in [-0.3, -0.25) is 0 Å². The summed E-state index contributed by atoms with van der Waals surface area (Å²) in [6, 6.07) is 5.56. The van der Waals surface area contributed by atoms with E-state index in [1.165, 1.54) is 24.3 Å². The van der Waals surface area contributed by atoms with Crippen LogP contribution in [0.25, 0.3) is 0 Å². The second-order valence-corrected chi connectivity index (χ2v) is 2.75. The van der Waals surface area contributed by atoms with Crippen molar-refractivity contribution in [3.8, 4) is 5.75 Å². The molecule has 0 fully saturated rings. The van der Waals surface area contributed by atoms with Crippen LogP contribution in [0.4, 0.5) is 4.39 Å². The molecule has 0 amide bonds. The number of carboxylic acids is 1. The maximum absolute atomic E-state index is 12.5. The van der Waals surface area contributed by atoms with E-state index in [1.54, 1.807) is 0 Å². The van der Waals surface area contributed by atoms with Crippen LogP contribution in [0.2, 0.25) is 0 Å². The Balaban J connectivity index is 2.15. The third-order valence-electron chi connectivity index (χ3n) is 1.54. The highest BCUT2D eigenvalue weighted by Gasteiger charge is 1.97. The van der Waals surface area contributed by atoms with Crippen LogP contribution in [0, 0.1) is 5.82 Å². The molecule has 1 aromatic rings. The maximum atomic E-state index is 12.5. The van der Waals surface area contributed by atoms with Crippen molar-refractivity contribution in [1.29, 1.82) is 0 Å². The molecule has 1 aromatic carbocycles. The van der Waals surface area contributed by atoms with E-state index < -0.39 is 5.97 Å². The highest BCUT2D eigenvalue weighted by molar-refractivity contribution is 5.67. The van der Waals surface area contributed by atoms with Crippen LogP contribution in [0.5, 0.6) is 5.75 Å². The first-order valence-electron chi connectivity index (χ1n) is 4.36. The zero-order chi connectivity index (χ0) is 11.1. The predicted octanol–water partition coefficient (Wildman–Crippen LogP) is 1.31. The lowest BCUT2D eigenvalue weighted by molar-refractivity contribution is -0.142. The van der Waals surface area contributed by atoms with Gasteiger partial charge in [-0.15, -0.1) is 0 Å². The molecule has 0 spiro atoms. The summed E-state index contributed by atoms with van der Waals surface area (Å²) in [5, 5.41) is 8.25. The van der Waals surface area contributed by atoms with Gasteiger partial charge < -0.3 is 14.6 Å². The number of carboxylic acid groups (broad SMARTS) is 1. The Morgan fingerprint density at radius 3 is 2.53 bits per heavy atom. The average molecular weight is 214 g/mol. The van der Waals surface area contributed by atoms with Gasteiger partial charge in [0.05, 0.1) is 6.61 Å². The molecular weight excluding hydrogens is 203 g/mol. The summed E-state index contributed by atoms with van der Waals surface area (Å²) in [5.74, 6) is -0.823. The number of rotatable bonds is 6. The Morgan fingerprint density at radius 2 is 1.93 bits per heavy atom. The van der Waals surface area contributed by atoms with Gasteiger partial charge in [0.2, 0.25) is 0 Å². The van der Waals surface area contributed by atoms with E-state index in [4.69, 9.17) is 14.6 Å². The molecule has 1 rings (SSSR count). The topological polar surface area (TPSA) is 55.8 Å². The molecule has 15 heavy (non-hydrogen) atoms. The molecule has 0 aliphatic heterocycles. The summed E-state index contributed by atoms with van der Waals surface area (Å²) in [6.07, 6.45) is 0. The van der Waals surface area contributed by atoms with Gasteiger partial charge in [-0.2, -0.15) is 0 Å². The van der Waals surface area contributed by atoms with Crippen LogP contribution < -0.4 is 4.74 Å². The predicted molar refractivity (Wildman–Crippen MR) is 50.3 cm³/mol. The summed E-state index contributed by atoms with van der Waals surface area (Å²) >= 11 is 0. The van der Waals surface area contributed by atoms with E-state index in [0.29, 0.717) is 5.75 Å². The Bertz CT molecular complexity index is 310. The molecule has 0 aromatic heterocycles. The van der Waals surface area contributed by atoms with Gasteiger partial charge in [0.25, 0.3) is 0 Å². The first-order valence-corrected chi connectivity index (χ1v) is 4.36. The monoisotopic (exact) mass is 214 g/mol. The lowest BCUT2D eigenvalue weighted by Gasteiger charge is -2.05. The van der Waals surface area contributed by atoms with E-state index in [2.05, 4.69) is 0 Å². The van der Waals surface area contributed by atoms with Crippen molar-refractivity contribution in [3.05, 3.63) is 30.1 Å². The molecule has 0 radical (unpaired) electrons. The Kier molecular flexibility index (Phi) is 4.56. The maximum Gasteiger partial charge on any atom is 0.329 e. The number of carbonyl (C=O) groups is 1. The van der Waals surface area contributed by atoms with E-state index >= 15 is 0 Å². The van der Waals surface area contributed by atoms with Crippen molar-refractivity contribution >= 4 is 5.97 Å². The first kappa shape index (κ1) is 11.5. The Morgan fingerprint density at radius 1 is 1.27 bits per heavy atom. The third kappa shape index (κ3) is 4.97. The highest BCUT2D eigenvalue weighted by atomic mass is 19.1. The third-order valence-corrected chi connectivity index (χ3v) is 1.54. The summed E-state index contributed by atoms with van der Waals surface area (Å²) < 4.78 is 22.4. The number of aliphatic carboxylic acids is 1. The molecule has 0 bridgehead atoms. The van der Waals surface area contributed by atoms with Crippen LogP contribution in [0.15, 0.2) is 24.3 Å². The van der Waals surface area contributed by atoms with Crippen LogP contribution in [0.1, 0.15) is 0 Å². The lowest BCUT2D eigenvalue weighted by Crippen LogP contribution is -2.12. The van der Waals surface area contributed by atoms with Gasteiger partial charge in [-0.1, -0.05) is 0 Å². The molecule has 1 N–H and O–H groups in total. The fourth-order valence-electron chi connectivity index (χ4n) is 0.909. The van der Waals surface area contributed by atoms with Gasteiger partial charge in [-0.25, -0.2) is 9.18 Å². The molecule has 0 heterocycles. The number of benzene rings is 1. The fraction of sp³-hybridized carbons (Fsp3) is 0.300. The van der Waals surface area contributed by atoms with Crippen molar-refractivity contribution in [2.24, 2.45) is 0 Å². The SMILES string of the molecule is O=C(O)COCCOc1ccc(F)cc1. The minimum atomic E-state index is -1.02. The summed E-state index contributed by atoms with van der Waals surface area (Å²) in [4.78, 5) is 10.1. The molecule has 0 saturated carbocycles. The van der Waals surface area contributed by atoms with Crippen molar-refractivity contribution in [1.82, 2.24) is 0 Å².